The van der Waals surface area contributed by atoms with Gasteiger partial charge in [0.25, 0.3) is 0 Å². The fraction of sp³-hybridized carbons (Fsp3) is 0.875. The number of hydrogen-bond acceptors (Lipinski definition) is 5. The van der Waals surface area contributed by atoms with Crippen LogP contribution in [0.15, 0.2) is 5.16 Å². The van der Waals surface area contributed by atoms with Crippen LogP contribution in [0.2, 0.25) is 0 Å². The van der Waals surface area contributed by atoms with Crippen LogP contribution in [0.5, 0.6) is 0 Å². The van der Waals surface area contributed by atoms with Crippen molar-refractivity contribution < 1.29 is 14.4 Å². The molecule has 0 heterocycles. The van der Waals surface area contributed by atoms with Gasteiger partial charge in [0, 0.05) is 17.9 Å². The molecule has 0 spiro atoms. The van der Waals surface area contributed by atoms with E-state index in [-0.39, 0.29) is 16.9 Å². The molecule has 4 aliphatic carbocycles. The SMILES string of the molecule is CNCCCON=C1CC[C@@]2(C)C(C1)[C@@H](NC=O)C[C@@H]1[C@@H]2CC[C@]2(C)C(=O)CC[C@@H]12. The van der Waals surface area contributed by atoms with E-state index in [9.17, 15) is 9.59 Å². The molecule has 1 unspecified atom stereocenters. The van der Waals surface area contributed by atoms with Gasteiger partial charge >= 0.3 is 0 Å². The van der Waals surface area contributed by atoms with E-state index in [1.54, 1.807) is 0 Å². The first-order chi connectivity index (χ1) is 14.4. The molecule has 0 aliphatic heterocycles. The van der Waals surface area contributed by atoms with E-state index in [0.717, 1.165) is 76.5 Å². The van der Waals surface area contributed by atoms with Crippen molar-refractivity contribution in [2.75, 3.05) is 20.2 Å². The molecule has 4 rings (SSSR count). The number of nitrogens with one attached hydrogen (secondary N) is 2. The van der Waals surface area contributed by atoms with Gasteiger partial charge in [0.05, 0.1) is 5.71 Å². The minimum atomic E-state index is -0.126. The first-order valence-corrected chi connectivity index (χ1v) is 12.0. The van der Waals surface area contributed by atoms with E-state index in [4.69, 9.17) is 4.84 Å². The van der Waals surface area contributed by atoms with Gasteiger partial charge in [-0.15, -0.1) is 0 Å². The number of Topliss-reactive ketones (excluding diaryl/α,β-unsaturated/α-hetero) is 1. The van der Waals surface area contributed by atoms with Crippen LogP contribution in [-0.4, -0.2) is 44.1 Å². The van der Waals surface area contributed by atoms with Crippen LogP contribution >= 0.6 is 0 Å². The van der Waals surface area contributed by atoms with Gasteiger partial charge in [0.15, 0.2) is 0 Å². The predicted molar refractivity (Wildman–Crippen MR) is 117 cm³/mol. The molecule has 4 saturated carbocycles. The molecule has 0 saturated heterocycles. The van der Waals surface area contributed by atoms with Gasteiger partial charge in [0.1, 0.15) is 12.4 Å². The summed E-state index contributed by atoms with van der Waals surface area (Å²) in [6, 6.07) is 0.168. The van der Waals surface area contributed by atoms with Gasteiger partial charge in [0.2, 0.25) is 6.41 Å². The quantitative estimate of drug-likeness (QED) is 0.378. The summed E-state index contributed by atoms with van der Waals surface area (Å²) in [5.74, 6) is 2.56. The minimum Gasteiger partial charge on any atom is -0.396 e. The second-order valence-corrected chi connectivity index (χ2v) is 10.7. The lowest BCUT2D eigenvalue weighted by molar-refractivity contribution is -0.140. The smallest absolute Gasteiger partial charge is 0.207 e. The molecule has 0 radical (unpaired) electrons. The highest BCUT2D eigenvalue weighted by Gasteiger charge is 2.62. The zero-order valence-corrected chi connectivity index (χ0v) is 18.9. The van der Waals surface area contributed by atoms with Gasteiger partial charge in [-0.2, -0.15) is 0 Å². The highest BCUT2D eigenvalue weighted by molar-refractivity contribution is 5.87. The Bertz CT molecular complexity index is 695. The Kier molecular flexibility index (Phi) is 6.25. The van der Waals surface area contributed by atoms with E-state index in [0.29, 0.717) is 36.1 Å². The molecule has 4 aliphatic rings. The van der Waals surface area contributed by atoms with Crippen LogP contribution in [0.3, 0.4) is 0 Å². The largest absolute Gasteiger partial charge is 0.396 e. The first kappa shape index (κ1) is 21.8. The highest BCUT2D eigenvalue weighted by atomic mass is 16.6. The molecule has 0 aromatic carbocycles. The van der Waals surface area contributed by atoms with Crippen molar-refractivity contribution in [1.29, 1.82) is 0 Å². The van der Waals surface area contributed by atoms with Crippen LogP contribution < -0.4 is 10.6 Å². The molecule has 1 amide bonds. The number of carbonyl (C=O) groups is 2. The maximum atomic E-state index is 12.7. The van der Waals surface area contributed by atoms with Crippen molar-refractivity contribution in [3.63, 3.8) is 0 Å². The maximum absolute atomic E-state index is 12.7. The van der Waals surface area contributed by atoms with Crippen LogP contribution in [0.4, 0.5) is 0 Å². The van der Waals surface area contributed by atoms with Crippen LogP contribution in [-0.2, 0) is 14.4 Å². The normalized spacial score (nSPS) is 44.2. The zero-order valence-electron chi connectivity index (χ0n) is 18.9. The molecule has 2 N–H and O–H groups in total. The number of amides is 1. The lowest BCUT2D eigenvalue weighted by Crippen LogP contribution is -2.60. The number of ketones is 1. The zero-order chi connectivity index (χ0) is 21.4. The third kappa shape index (κ3) is 3.59. The second kappa shape index (κ2) is 8.60. The summed E-state index contributed by atoms with van der Waals surface area (Å²) in [7, 11) is 1.94. The topological polar surface area (TPSA) is 79.8 Å². The third-order valence-electron chi connectivity index (χ3n) is 9.40. The van der Waals surface area contributed by atoms with E-state index in [1.807, 2.05) is 7.05 Å². The summed E-state index contributed by atoms with van der Waals surface area (Å²) in [6.45, 7) is 6.25. The summed E-state index contributed by atoms with van der Waals surface area (Å²) < 4.78 is 0. The molecule has 168 valence electrons. The van der Waals surface area contributed by atoms with Crippen molar-refractivity contribution in [2.24, 2.45) is 39.7 Å². The van der Waals surface area contributed by atoms with Gasteiger partial charge in [-0.25, -0.2) is 0 Å². The van der Waals surface area contributed by atoms with E-state index in [2.05, 4.69) is 29.6 Å². The number of fused-ring (bicyclic) bond motifs is 5. The van der Waals surface area contributed by atoms with Gasteiger partial charge in [-0.3, -0.25) is 9.59 Å². The molecule has 0 aromatic heterocycles. The monoisotopic (exact) mass is 417 g/mol. The van der Waals surface area contributed by atoms with Gasteiger partial charge in [-0.05, 0) is 94.0 Å². The highest BCUT2D eigenvalue weighted by Crippen LogP contribution is 2.65. The Balaban J connectivity index is 1.52. The summed E-state index contributed by atoms with van der Waals surface area (Å²) in [4.78, 5) is 29.8. The number of nitrogens with zero attached hydrogens (tertiary/aromatic N) is 1. The van der Waals surface area contributed by atoms with Crippen LogP contribution in [0.1, 0.15) is 71.6 Å². The van der Waals surface area contributed by atoms with Crippen molar-refractivity contribution in [3.05, 3.63) is 0 Å². The Hall–Kier alpha value is -1.43. The average Bonchev–Trinajstić information content (AvgIpc) is 3.03. The molecule has 0 bridgehead atoms. The standard InChI is InChI=1S/C24H39N3O3/c1-23-9-7-16(27-30-12-4-11-25-3)13-20(23)21(26-15-28)14-17-18-5-6-22(29)24(18,2)10-8-19(17)23/h15,17-21,25H,4-14H2,1-3H3,(H,26,28)/t17-,18-,19-,20?,21-,23+,24-/m0/s1. The van der Waals surface area contributed by atoms with E-state index < -0.39 is 0 Å². The summed E-state index contributed by atoms with van der Waals surface area (Å²) in [6.07, 6.45) is 9.82. The average molecular weight is 418 g/mol. The summed E-state index contributed by atoms with van der Waals surface area (Å²) in [5, 5.41) is 10.8. The first-order valence-electron chi connectivity index (χ1n) is 12.0. The maximum Gasteiger partial charge on any atom is 0.207 e. The number of rotatable bonds is 7. The number of hydrogen-bond donors (Lipinski definition) is 2. The number of oxime groups is 1. The Morgan fingerprint density at radius 1 is 1.17 bits per heavy atom. The minimum absolute atomic E-state index is 0.126. The predicted octanol–water partition coefficient (Wildman–Crippen LogP) is 3.30. The molecular weight excluding hydrogens is 378 g/mol. The van der Waals surface area contributed by atoms with Crippen LogP contribution in [0.25, 0.3) is 0 Å². The van der Waals surface area contributed by atoms with Crippen molar-refractivity contribution in [3.8, 4) is 0 Å². The molecule has 30 heavy (non-hydrogen) atoms. The lowest BCUT2D eigenvalue weighted by Gasteiger charge is -2.61. The molecule has 6 nitrogen and oxygen atoms in total. The van der Waals surface area contributed by atoms with Crippen molar-refractivity contribution >= 4 is 17.9 Å². The second-order valence-electron chi connectivity index (χ2n) is 10.7. The van der Waals surface area contributed by atoms with Crippen LogP contribution in [0, 0.1) is 34.5 Å². The summed E-state index contributed by atoms with van der Waals surface area (Å²) >= 11 is 0. The van der Waals surface area contributed by atoms with Crippen molar-refractivity contribution in [2.45, 2.75) is 77.7 Å². The van der Waals surface area contributed by atoms with Crippen molar-refractivity contribution in [1.82, 2.24) is 10.6 Å². The van der Waals surface area contributed by atoms with E-state index in [1.165, 1.54) is 0 Å². The fourth-order valence-corrected chi connectivity index (χ4v) is 7.72. The third-order valence-corrected chi connectivity index (χ3v) is 9.40. The van der Waals surface area contributed by atoms with Gasteiger partial charge in [-0.1, -0.05) is 19.0 Å². The molecule has 4 fully saturated rings. The Labute approximate surface area is 180 Å². The van der Waals surface area contributed by atoms with Gasteiger partial charge < -0.3 is 15.5 Å². The molecule has 7 atom stereocenters. The lowest BCUT2D eigenvalue weighted by atomic mass is 9.44. The Morgan fingerprint density at radius 2 is 2.00 bits per heavy atom. The number of carbonyl (C=O) groups excluding carboxylic acids is 2. The molecular formula is C24H39N3O3. The summed E-state index contributed by atoms with van der Waals surface area (Å²) in [5.41, 5.74) is 1.22. The molecule has 0 aromatic rings. The fourth-order valence-electron chi connectivity index (χ4n) is 7.72. The Morgan fingerprint density at radius 3 is 2.77 bits per heavy atom. The molecule has 6 heteroatoms. The van der Waals surface area contributed by atoms with E-state index >= 15 is 0 Å².